The minimum Gasteiger partial charge on any atom is -0.387 e. The molecule has 0 amide bonds. The Morgan fingerprint density at radius 2 is 1.70 bits per heavy atom. The summed E-state index contributed by atoms with van der Waals surface area (Å²) in [5, 5.41) is 10.2. The molecular formula is C15H25NO3S. The first-order valence-corrected chi connectivity index (χ1v) is 8.55. The second-order valence-electron chi connectivity index (χ2n) is 6.61. The van der Waals surface area contributed by atoms with Crippen molar-refractivity contribution in [2.75, 3.05) is 26.4 Å². The maximum atomic E-state index is 11.4. The first-order valence-electron chi connectivity index (χ1n) is 6.66. The van der Waals surface area contributed by atoms with Gasteiger partial charge in [0.05, 0.1) is 11.0 Å². The lowest BCUT2D eigenvalue weighted by atomic mass is 9.96. The Labute approximate surface area is 122 Å². The summed E-state index contributed by atoms with van der Waals surface area (Å²) in [5.41, 5.74) is 0.910. The van der Waals surface area contributed by atoms with E-state index in [1.807, 2.05) is 7.05 Å². The number of rotatable bonds is 5. The Morgan fingerprint density at radius 3 is 2.10 bits per heavy atom. The third-order valence-corrected chi connectivity index (χ3v) is 4.05. The highest BCUT2D eigenvalue weighted by Gasteiger charge is 2.17. The van der Waals surface area contributed by atoms with Crippen molar-refractivity contribution in [3.8, 4) is 0 Å². The minimum atomic E-state index is -3.18. The van der Waals surface area contributed by atoms with Crippen LogP contribution in [0.4, 0.5) is 0 Å². The Balaban J connectivity index is 2.71. The van der Waals surface area contributed by atoms with Crippen LogP contribution in [-0.4, -0.2) is 44.8 Å². The summed E-state index contributed by atoms with van der Waals surface area (Å²) < 4.78 is 22.8. The van der Waals surface area contributed by atoms with E-state index in [1.54, 1.807) is 12.1 Å². The second-order valence-corrected chi connectivity index (χ2v) is 8.63. The number of hydrogen-bond acceptors (Lipinski definition) is 4. The minimum absolute atomic E-state index is 0.175. The van der Waals surface area contributed by atoms with Crippen molar-refractivity contribution >= 4 is 9.84 Å². The van der Waals surface area contributed by atoms with Crippen LogP contribution >= 0.6 is 0 Å². The van der Waals surface area contributed by atoms with Crippen molar-refractivity contribution in [3.63, 3.8) is 0 Å². The van der Waals surface area contributed by atoms with E-state index in [2.05, 4.69) is 25.7 Å². The molecule has 0 saturated heterocycles. The molecule has 0 fully saturated rings. The lowest BCUT2D eigenvalue weighted by Gasteiger charge is -2.28. The van der Waals surface area contributed by atoms with Crippen LogP contribution in [0, 0.1) is 5.41 Å². The molecule has 1 N–H and O–H groups in total. The summed E-state index contributed by atoms with van der Waals surface area (Å²) in [4.78, 5) is 2.35. The molecule has 0 bridgehead atoms. The Hall–Kier alpha value is -0.910. The van der Waals surface area contributed by atoms with E-state index >= 15 is 0 Å². The molecule has 1 rings (SSSR count). The van der Waals surface area contributed by atoms with Gasteiger partial charge in [0.25, 0.3) is 0 Å². The number of benzene rings is 1. The van der Waals surface area contributed by atoms with Gasteiger partial charge in [0.2, 0.25) is 0 Å². The quantitative estimate of drug-likeness (QED) is 0.904. The van der Waals surface area contributed by atoms with Gasteiger partial charge in [-0.1, -0.05) is 32.9 Å². The zero-order chi connectivity index (χ0) is 15.6. The second kappa shape index (κ2) is 6.24. The molecule has 4 nitrogen and oxygen atoms in total. The van der Waals surface area contributed by atoms with E-state index in [0.29, 0.717) is 6.54 Å². The van der Waals surface area contributed by atoms with E-state index < -0.39 is 15.9 Å². The number of aliphatic hydroxyl groups is 1. The molecule has 20 heavy (non-hydrogen) atoms. The van der Waals surface area contributed by atoms with E-state index in [0.717, 1.165) is 12.1 Å². The molecule has 0 saturated carbocycles. The normalized spacial score (nSPS) is 14.6. The predicted octanol–water partition coefficient (Wildman–Crippen LogP) is 2.10. The van der Waals surface area contributed by atoms with Crippen molar-refractivity contribution < 1.29 is 13.5 Å². The van der Waals surface area contributed by atoms with Crippen LogP contribution in [-0.2, 0) is 9.84 Å². The monoisotopic (exact) mass is 299 g/mol. The molecule has 0 aliphatic rings. The fourth-order valence-electron chi connectivity index (χ4n) is 2.21. The summed E-state index contributed by atoms with van der Waals surface area (Å²) in [6, 6.07) is 6.42. The smallest absolute Gasteiger partial charge is 0.175 e. The average Bonchev–Trinajstić information content (AvgIpc) is 2.25. The van der Waals surface area contributed by atoms with Gasteiger partial charge in [0.1, 0.15) is 0 Å². The third kappa shape index (κ3) is 5.61. The lowest BCUT2D eigenvalue weighted by Crippen LogP contribution is -2.32. The summed E-state index contributed by atoms with van der Waals surface area (Å²) in [5.74, 6) is 0. The first kappa shape index (κ1) is 17.1. The van der Waals surface area contributed by atoms with Crippen LogP contribution in [0.2, 0.25) is 0 Å². The molecule has 0 radical (unpaired) electrons. The first-order chi connectivity index (χ1) is 8.99. The zero-order valence-electron chi connectivity index (χ0n) is 12.9. The lowest BCUT2D eigenvalue weighted by molar-refractivity contribution is 0.108. The number of hydrogen-bond donors (Lipinski definition) is 1. The average molecular weight is 299 g/mol. The Bertz CT molecular complexity index is 529. The van der Waals surface area contributed by atoms with Crippen LogP contribution < -0.4 is 0 Å². The fourth-order valence-corrected chi connectivity index (χ4v) is 2.84. The van der Waals surface area contributed by atoms with Crippen LogP contribution in [0.25, 0.3) is 0 Å². The molecule has 1 atom stereocenters. The highest BCUT2D eigenvalue weighted by Crippen LogP contribution is 2.19. The predicted molar refractivity (Wildman–Crippen MR) is 81.5 cm³/mol. The van der Waals surface area contributed by atoms with E-state index in [9.17, 15) is 13.5 Å². The zero-order valence-corrected chi connectivity index (χ0v) is 13.7. The topological polar surface area (TPSA) is 57.6 Å². The van der Waals surface area contributed by atoms with Crippen LogP contribution in [0.3, 0.4) is 0 Å². The standard InChI is InChI=1S/C15H25NO3S/c1-15(2,3)11-16(4)10-14(17)12-6-8-13(9-7-12)20(5,18)19/h6-9,14,17H,10-11H2,1-5H3. The maximum Gasteiger partial charge on any atom is 0.175 e. The number of likely N-dealkylation sites (N-methyl/N-ethyl adjacent to an activating group) is 1. The highest BCUT2D eigenvalue weighted by atomic mass is 32.2. The van der Waals surface area contributed by atoms with Gasteiger partial charge in [-0.05, 0) is 30.2 Å². The van der Waals surface area contributed by atoms with Gasteiger partial charge < -0.3 is 10.0 Å². The number of aliphatic hydroxyl groups excluding tert-OH is 1. The molecular weight excluding hydrogens is 274 g/mol. The van der Waals surface area contributed by atoms with Crippen molar-refractivity contribution in [2.45, 2.75) is 31.8 Å². The molecule has 0 heterocycles. The molecule has 114 valence electrons. The molecule has 0 aliphatic carbocycles. The largest absolute Gasteiger partial charge is 0.387 e. The fraction of sp³-hybridized carbons (Fsp3) is 0.600. The van der Waals surface area contributed by atoms with E-state index in [1.165, 1.54) is 18.4 Å². The van der Waals surface area contributed by atoms with E-state index in [4.69, 9.17) is 0 Å². The molecule has 0 aromatic heterocycles. The summed E-state index contributed by atoms with van der Waals surface area (Å²) >= 11 is 0. The van der Waals surface area contributed by atoms with Gasteiger partial charge in [-0.15, -0.1) is 0 Å². The number of sulfone groups is 1. The Morgan fingerprint density at radius 1 is 1.20 bits per heavy atom. The summed E-state index contributed by atoms with van der Waals surface area (Å²) in [7, 11) is -1.21. The molecule has 0 spiro atoms. The van der Waals surface area contributed by atoms with Crippen LogP contribution in [0.15, 0.2) is 29.2 Å². The van der Waals surface area contributed by atoms with Crippen LogP contribution in [0.5, 0.6) is 0 Å². The SMILES string of the molecule is CN(CC(O)c1ccc(S(C)(=O)=O)cc1)CC(C)(C)C. The van der Waals surface area contributed by atoms with Gasteiger partial charge in [-0.3, -0.25) is 0 Å². The van der Waals surface area contributed by atoms with Gasteiger partial charge in [0.15, 0.2) is 9.84 Å². The number of nitrogens with zero attached hydrogens (tertiary/aromatic N) is 1. The molecule has 5 heteroatoms. The highest BCUT2D eigenvalue weighted by molar-refractivity contribution is 7.90. The van der Waals surface area contributed by atoms with Crippen molar-refractivity contribution in [3.05, 3.63) is 29.8 Å². The third-order valence-electron chi connectivity index (χ3n) is 2.92. The van der Waals surface area contributed by atoms with Crippen molar-refractivity contribution in [1.29, 1.82) is 0 Å². The molecule has 1 aromatic carbocycles. The maximum absolute atomic E-state index is 11.4. The van der Waals surface area contributed by atoms with Gasteiger partial charge >= 0.3 is 0 Å². The van der Waals surface area contributed by atoms with Gasteiger partial charge in [0, 0.05) is 19.3 Å². The molecule has 1 aromatic rings. The van der Waals surface area contributed by atoms with E-state index in [-0.39, 0.29) is 10.3 Å². The summed E-state index contributed by atoms with van der Waals surface area (Å²) in [6.07, 6.45) is 0.561. The van der Waals surface area contributed by atoms with Crippen molar-refractivity contribution in [2.24, 2.45) is 5.41 Å². The Kier molecular flexibility index (Phi) is 5.35. The molecule has 1 unspecified atom stereocenters. The summed E-state index contributed by atoms with van der Waals surface area (Å²) in [6.45, 7) is 7.85. The van der Waals surface area contributed by atoms with Crippen molar-refractivity contribution in [1.82, 2.24) is 4.90 Å². The van der Waals surface area contributed by atoms with Gasteiger partial charge in [-0.2, -0.15) is 0 Å². The van der Waals surface area contributed by atoms with Gasteiger partial charge in [-0.25, -0.2) is 8.42 Å². The molecule has 0 aliphatic heterocycles. The van der Waals surface area contributed by atoms with Crippen LogP contribution in [0.1, 0.15) is 32.4 Å².